The van der Waals surface area contributed by atoms with Gasteiger partial charge in [-0.15, -0.1) is 0 Å². The van der Waals surface area contributed by atoms with Gasteiger partial charge in [0.2, 0.25) is 0 Å². The number of carbonyl (C=O) groups excluding carboxylic acids is 1. The Bertz CT molecular complexity index is 1460. The zero-order valence-electron chi connectivity index (χ0n) is 45.7. The molecule has 1 aliphatic heterocycles. The van der Waals surface area contributed by atoms with E-state index >= 15 is 0 Å². The lowest BCUT2D eigenvalue weighted by atomic mass is 9.84. The van der Waals surface area contributed by atoms with Gasteiger partial charge in [-0.05, 0) is 12.8 Å². The lowest BCUT2D eigenvalue weighted by Crippen LogP contribution is -2.67. The summed E-state index contributed by atoms with van der Waals surface area (Å²) in [5, 5.41) is 130. The molecule has 2 unspecified atom stereocenters. The molecule has 17 atom stereocenters. The van der Waals surface area contributed by atoms with Crippen LogP contribution in [0.15, 0.2) is 0 Å². The van der Waals surface area contributed by atoms with Crippen molar-refractivity contribution in [2.45, 2.75) is 324 Å². The van der Waals surface area contributed by atoms with Crippen LogP contribution < -0.4 is 10.2 Å². The molecule has 21 heteroatoms. The maximum Gasteiger partial charge on any atom is 0.268 e. The van der Waals surface area contributed by atoms with Gasteiger partial charge in [-0.3, -0.25) is 9.36 Å². The van der Waals surface area contributed by atoms with E-state index in [0.717, 1.165) is 64.2 Å². The minimum atomic E-state index is -5.80. The molecule has 20 nitrogen and oxygen atoms in total. The standard InChI is InChI=1S/C54H106NO19P/c1-3-5-7-9-11-13-15-17-18-19-20-21-22-23-25-27-29-31-33-35-40(58)43(60)53(68)55-38(42(59)39(57)34-32-30-28-26-24-16-14-12-10-8-6-4-2)37-71-75(69,70)74-52-49(66)47(64)46(63)48(65)51(52)73-54-50(67)45(62)44(61)41(36-56)72-54/h38-52,54,56-67H,3-37H2,1-2H3,(H,55,68)(H,69,70)/p-1/t38-,39+,40+,41+,42-,43-,44+,45-,46+,47+,48-,49+,50-,51+,52+,54?/m0/s1. The molecule has 1 saturated carbocycles. The fourth-order valence-corrected chi connectivity index (χ4v) is 11.0. The van der Waals surface area contributed by atoms with Crippen LogP contribution in [0.2, 0.25) is 0 Å². The quantitative estimate of drug-likeness (QED) is 0.0298. The average Bonchev–Trinajstić information content (AvgIpc) is 3.39. The summed E-state index contributed by atoms with van der Waals surface area (Å²) in [5.41, 5.74) is 0. The van der Waals surface area contributed by atoms with Gasteiger partial charge in [0.25, 0.3) is 13.7 Å². The second-order valence-electron chi connectivity index (χ2n) is 21.6. The third-order valence-corrected chi connectivity index (χ3v) is 16.0. The number of hydrogen-bond donors (Lipinski definition) is 13. The van der Waals surface area contributed by atoms with E-state index in [9.17, 15) is 75.5 Å². The second-order valence-corrected chi connectivity index (χ2v) is 23.0. The largest absolute Gasteiger partial charge is 0.756 e. The maximum atomic E-state index is 13.5. The summed E-state index contributed by atoms with van der Waals surface area (Å²) in [6.45, 7) is 2.40. The van der Waals surface area contributed by atoms with Gasteiger partial charge in [-0.2, -0.15) is 0 Å². The first-order valence-electron chi connectivity index (χ1n) is 29.3. The van der Waals surface area contributed by atoms with Crippen LogP contribution in [-0.4, -0.2) is 178 Å². The molecule has 0 aromatic rings. The van der Waals surface area contributed by atoms with Crippen molar-refractivity contribution in [2.75, 3.05) is 13.2 Å². The van der Waals surface area contributed by atoms with Crippen molar-refractivity contribution < 1.29 is 94.1 Å². The molecule has 0 radical (unpaired) electrons. The number of amides is 1. The number of nitrogens with one attached hydrogen (secondary N) is 1. The summed E-state index contributed by atoms with van der Waals surface area (Å²) in [6, 6.07) is -1.75. The molecule has 75 heavy (non-hydrogen) atoms. The molecule has 0 spiro atoms. The number of phosphoric acid groups is 1. The van der Waals surface area contributed by atoms with Crippen molar-refractivity contribution in [1.29, 1.82) is 0 Å². The van der Waals surface area contributed by atoms with Gasteiger partial charge in [0.15, 0.2) is 12.4 Å². The molecule has 2 fully saturated rings. The lowest BCUT2D eigenvalue weighted by molar-refractivity contribution is -0.341. The fourth-order valence-electron chi connectivity index (χ4n) is 10.0. The van der Waals surface area contributed by atoms with Gasteiger partial charge in [-0.1, -0.05) is 213 Å². The van der Waals surface area contributed by atoms with Gasteiger partial charge < -0.3 is 90.0 Å². The van der Waals surface area contributed by atoms with Crippen molar-refractivity contribution in [3.8, 4) is 0 Å². The topological polar surface area (TPSA) is 349 Å². The second kappa shape index (κ2) is 41.1. The Morgan fingerprint density at radius 1 is 0.520 bits per heavy atom. The monoisotopic (exact) mass is 1100 g/mol. The van der Waals surface area contributed by atoms with E-state index < -0.39 is 125 Å². The summed E-state index contributed by atoms with van der Waals surface area (Å²) in [7, 11) is -5.80. The minimum Gasteiger partial charge on any atom is -0.756 e. The molecule has 1 aliphatic carbocycles. The first-order chi connectivity index (χ1) is 35.9. The molecule has 0 aromatic heterocycles. The van der Waals surface area contributed by atoms with E-state index in [4.69, 9.17) is 18.5 Å². The van der Waals surface area contributed by atoms with E-state index in [1.165, 1.54) is 122 Å². The molecule has 446 valence electrons. The summed E-state index contributed by atoms with van der Waals surface area (Å²) >= 11 is 0. The third-order valence-electron chi connectivity index (χ3n) is 15.1. The van der Waals surface area contributed by atoms with Crippen LogP contribution in [-0.2, 0) is 27.9 Å². The van der Waals surface area contributed by atoms with Gasteiger partial charge in [0.1, 0.15) is 67.1 Å². The molecule has 0 aromatic carbocycles. The van der Waals surface area contributed by atoms with Crippen molar-refractivity contribution in [3.05, 3.63) is 0 Å². The first-order valence-corrected chi connectivity index (χ1v) is 30.7. The Balaban J connectivity index is 1.97. The number of unbranched alkanes of at least 4 members (excludes halogenated alkanes) is 29. The fraction of sp³-hybridized carbons (Fsp3) is 0.981. The number of carbonyl (C=O) groups is 1. The number of aliphatic hydroxyl groups excluding tert-OH is 12. The zero-order valence-corrected chi connectivity index (χ0v) is 46.6. The Hall–Kier alpha value is -0.980. The van der Waals surface area contributed by atoms with E-state index in [0.29, 0.717) is 12.8 Å². The van der Waals surface area contributed by atoms with Gasteiger partial charge in [0, 0.05) is 0 Å². The molecule has 2 rings (SSSR count). The zero-order chi connectivity index (χ0) is 55.6. The van der Waals surface area contributed by atoms with Crippen LogP contribution >= 0.6 is 7.82 Å². The SMILES string of the molecule is CCCCCCCCCCCCCCCCCCCCC[C@@H](O)[C@H](O)C(=O)N[C@@H](COP(=O)([O-])O[C@@H]1[C@H](O)[C@H](O)[C@@H](O)[C@H](O)[C@H]1OC1O[C@H](CO)[C@@H](O)[C@H](O)[C@@H]1O)[C@H](O)[C@H](O)CCCCCCCCCCCCCC. The first kappa shape index (κ1) is 70.1. The summed E-state index contributed by atoms with van der Waals surface area (Å²) in [5.74, 6) is -1.19. The number of rotatable bonds is 46. The summed E-state index contributed by atoms with van der Waals surface area (Å²) in [6.07, 6.45) is 5.48. The van der Waals surface area contributed by atoms with Gasteiger partial charge in [-0.25, -0.2) is 0 Å². The Morgan fingerprint density at radius 3 is 1.28 bits per heavy atom. The number of hydrogen-bond acceptors (Lipinski definition) is 19. The van der Waals surface area contributed by atoms with Crippen molar-refractivity contribution in [2.24, 2.45) is 0 Å². The van der Waals surface area contributed by atoms with Crippen LogP contribution in [0.1, 0.15) is 226 Å². The molecule has 1 saturated heterocycles. The van der Waals surface area contributed by atoms with Gasteiger partial charge >= 0.3 is 0 Å². The lowest BCUT2D eigenvalue weighted by Gasteiger charge is -2.47. The Labute approximate surface area is 448 Å². The van der Waals surface area contributed by atoms with E-state index in [1.807, 2.05) is 0 Å². The average molecular weight is 1100 g/mol. The van der Waals surface area contributed by atoms with Crippen LogP contribution in [0, 0.1) is 0 Å². The van der Waals surface area contributed by atoms with E-state index in [1.54, 1.807) is 0 Å². The molecule has 2 aliphatic rings. The highest BCUT2D eigenvalue weighted by Crippen LogP contribution is 2.44. The molecule has 1 amide bonds. The Kier molecular flexibility index (Phi) is 38.4. The normalized spacial score (nSPS) is 28.1. The highest BCUT2D eigenvalue weighted by atomic mass is 31.2. The molecule has 0 bridgehead atoms. The van der Waals surface area contributed by atoms with Crippen LogP contribution in [0.5, 0.6) is 0 Å². The minimum absolute atomic E-state index is 0.0461. The molecule has 13 N–H and O–H groups in total. The molecular weight excluding hydrogens is 998 g/mol. The number of phosphoric ester groups is 1. The maximum absolute atomic E-state index is 13.5. The molecular formula is C54H105NO19P-. The van der Waals surface area contributed by atoms with Crippen LogP contribution in [0.4, 0.5) is 0 Å². The van der Waals surface area contributed by atoms with Crippen molar-refractivity contribution in [1.82, 2.24) is 5.32 Å². The third kappa shape index (κ3) is 27.8. The van der Waals surface area contributed by atoms with Crippen LogP contribution in [0.3, 0.4) is 0 Å². The predicted octanol–water partition coefficient (Wildman–Crippen LogP) is 4.34. The number of ether oxygens (including phenoxy) is 2. The highest BCUT2D eigenvalue weighted by molar-refractivity contribution is 7.45. The predicted molar refractivity (Wildman–Crippen MR) is 281 cm³/mol. The Morgan fingerprint density at radius 2 is 0.880 bits per heavy atom. The smallest absolute Gasteiger partial charge is 0.268 e. The summed E-state index contributed by atoms with van der Waals surface area (Å²) < 4.78 is 34.3. The van der Waals surface area contributed by atoms with Crippen molar-refractivity contribution >= 4 is 13.7 Å². The van der Waals surface area contributed by atoms with Crippen LogP contribution in [0.25, 0.3) is 0 Å². The van der Waals surface area contributed by atoms with E-state index in [-0.39, 0.29) is 12.8 Å². The van der Waals surface area contributed by atoms with Gasteiger partial charge in [0.05, 0.1) is 31.5 Å². The highest BCUT2D eigenvalue weighted by Gasteiger charge is 2.54. The number of aliphatic hydroxyl groups is 12. The summed E-state index contributed by atoms with van der Waals surface area (Å²) in [4.78, 5) is 26.8. The van der Waals surface area contributed by atoms with Crippen molar-refractivity contribution in [3.63, 3.8) is 0 Å². The van der Waals surface area contributed by atoms with E-state index in [2.05, 4.69) is 19.2 Å². The molecule has 1 heterocycles.